The van der Waals surface area contributed by atoms with Gasteiger partial charge in [0.15, 0.2) is 0 Å². The number of hydrogen-bond acceptors (Lipinski definition) is 2. The molecule has 0 saturated heterocycles. The van der Waals surface area contributed by atoms with Crippen molar-refractivity contribution >= 4 is 11.6 Å². The first-order chi connectivity index (χ1) is 8.29. The van der Waals surface area contributed by atoms with Crippen LogP contribution in [0, 0.1) is 0 Å². The zero-order chi connectivity index (χ0) is 13.5. The summed E-state index contributed by atoms with van der Waals surface area (Å²) in [7, 11) is 3.46. The third-order valence-electron chi connectivity index (χ3n) is 2.94. The molecule has 18 heavy (non-hydrogen) atoms. The Kier molecular flexibility index (Phi) is 2.89. The summed E-state index contributed by atoms with van der Waals surface area (Å²) in [5.74, 6) is -0.0731. The molecule has 0 radical (unpaired) electrons. The highest BCUT2D eigenvalue weighted by Crippen LogP contribution is 2.22. The van der Waals surface area contributed by atoms with Gasteiger partial charge in [-0.2, -0.15) is 0 Å². The van der Waals surface area contributed by atoms with E-state index < -0.39 is 0 Å². The fraction of sp³-hybridized carbons (Fsp3) is 0.429. The van der Waals surface area contributed by atoms with Crippen molar-refractivity contribution in [1.29, 1.82) is 0 Å². The van der Waals surface area contributed by atoms with Crippen molar-refractivity contribution < 1.29 is 4.79 Å². The second-order valence-corrected chi connectivity index (χ2v) is 5.76. The summed E-state index contributed by atoms with van der Waals surface area (Å²) in [5, 5.41) is 0. The highest BCUT2D eigenvalue weighted by atomic mass is 16.2. The van der Waals surface area contributed by atoms with Crippen molar-refractivity contribution in [2.45, 2.75) is 26.2 Å². The predicted molar refractivity (Wildman–Crippen MR) is 71.9 cm³/mol. The molecule has 0 N–H and O–H groups in total. The first kappa shape index (κ1) is 12.6. The minimum Gasteiger partial charge on any atom is -0.343 e. The molecular formula is C14H19N3O. The van der Waals surface area contributed by atoms with Crippen LogP contribution in [0.4, 0.5) is 0 Å². The molecule has 2 aromatic heterocycles. The normalized spacial score (nSPS) is 11.8. The Morgan fingerprint density at radius 3 is 2.44 bits per heavy atom. The predicted octanol–water partition coefficient (Wildman–Crippen LogP) is 2.33. The van der Waals surface area contributed by atoms with E-state index >= 15 is 0 Å². The molecule has 0 aliphatic carbocycles. The van der Waals surface area contributed by atoms with Crippen LogP contribution in [0.2, 0.25) is 0 Å². The maximum Gasteiger partial charge on any atom is 0.273 e. The molecule has 2 heterocycles. The first-order valence-electron chi connectivity index (χ1n) is 6.00. The Labute approximate surface area is 107 Å². The molecule has 0 spiro atoms. The van der Waals surface area contributed by atoms with Crippen molar-refractivity contribution in [3.63, 3.8) is 0 Å². The fourth-order valence-electron chi connectivity index (χ4n) is 1.77. The number of fused-ring (bicyclic) bond motifs is 1. The molecule has 0 aromatic carbocycles. The number of rotatable bonds is 1. The van der Waals surface area contributed by atoms with E-state index in [-0.39, 0.29) is 11.3 Å². The maximum absolute atomic E-state index is 11.8. The number of pyridine rings is 1. The van der Waals surface area contributed by atoms with Gasteiger partial charge < -0.3 is 9.30 Å². The molecular weight excluding hydrogens is 226 g/mol. The summed E-state index contributed by atoms with van der Waals surface area (Å²) >= 11 is 0. The second-order valence-electron chi connectivity index (χ2n) is 5.76. The van der Waals surface area contributed by atoms with E-state index in [0.29, 0.717) is 5.69 Å². The van der Waals surface area contributed by atoms with Gasteiger partial charge in [0.1, 0.15) is 11.3 Å². The van der Waals surface area contributed by atoms with Crippen LogP contribution < -0.4 is 0 Å². The molecule has 2 rings (SSSR count). The summed E-state index contributed by atoms with van der Waals surface area (Å²) in [6.07, 6.45) is 3.82. The van der Waals surface area contributed by atoms with Gasteiger partial charge in [-0.1, -0.05) is 26.8 Å². The van der Waals surface area contributed by atoms with Crippen LogP contribution in [0.5, 0.6) is 0 Å². The standard InChI is InChI=1S/C14H19N3O/c1-14(2,3)10-6-7-12-15-11(9-17(12)8-10)13(18)16(4)5/h6-9H,1-5H3. The molecule has 0 atom stereocenters. The third kappa shape index (κ3) is 2.23. The number of aromatic nitrogens is 2. The zero-order valence-electron chi connectivity index (χ0n) is 11.6. The van der Waals surface area contributed by atoms with Crippen molar-refractivity contribution in [2.75, 3.05) is 14.1 Å². The smallest absolute Gasteiger partial charge is 0.273 e. The van der Waals surface area contributed by atoms with Crippen LogP contribution in [0.15, 0.2) is 24.5 Å². The van der Waals surface area contributed by atoms with E-state index in [2.05, 4.69) is 31.8 Å². The molecule has 2 aromatic rings. The fourth-order valence-corrected chi connectivity index (χ4v) is 1.77. The van der Waals surface area contributed by atoms with Crippen LogP contribution in [0.25, 0.3) is 5.65 Å². The Morgan fingerprint density at radius 1 is 1.22 bits per heavy atom. The van der Waals surface area contributed by atoms with Crippen molar-refractivity contribution in [3.8, 4) is 0 Å². The van der Waals surface area contributed by atoms with Gasteiger partial charge in [-0.15, -0.1) is 0 Å². The molecule has 0 saturated carbocycles. The molecule has 4 heteroatoms. The van der Waals surface area contributed by atoms with E-state index in [1.165, 1.54) is 10.5 Å². The summed E-state index contributed by atoms with van der Waals surface area (Å²) in [5.41, 5.74) is 2.58. The lowest BCUT2D eigenvalue weighted by Gasteiger charge is -2.18. The van der Waals surface area contributed by atoms with E-state index in [1.807, 2.05) is 16.7 Å². The molecule has 0 unspecified atom stereocenters. The highest BCUT2D eigenvalue weighted by Gasteiger charge is 2.16. The lowest BCUT2D eigenvalue weighted by atomic mass is 9.88. The summed E-state index contributed by atoms with van der Waals surface area (Å²) in [4.78, 5) is 17.7. The van der Waals surface area contributed by atoms with Crippen molar-refractivity contribution in [3.05, 3.63) is 35.8 Å². The molecule has 96 valence electrons. The molecule has 0 aliphatic heterocycles. The van der Waals surface area contributed by atoms with Crippen LogP contribution in [0.1, 0.15) is 36.8 Å². The van der Waals surface area contributed by atoms with E-state index in [9.17, 15) is 4.79 Å². The quantitative estimate of drug-likeness (QED) is 0.773. The Balaban J connectivity index is 2.50. The van der Waals surface area contributed by atoms with Crippen LogP contribution in [0.3, 0.4) is 0 Å². The number of imidazole rings is 1. The number of amides is 1. The molecule has 1 amide bonds. The first-order valence-corrected chi connectivity index (χ1v) is 6.00. The van der Waals surface area contributed by atoms with Gasteiger partial charge in [0.2, 0.25) is 0 Å². The summed E-state index contributed by atoms with van der Waals surface area (Å²) in [6, 6.07) is 4.01. The van der Waals surface area contributed by atoms with Gasteiger partial charge in [0, 0.05) is 26.5 Å². The van der Waals surface area contributed by atoms with E-state index in [0.717, 1.165) is 5.65 Å². The van der Waals surface area contributed by atoms with Gasteiger partial charge in [-0.25, -0.2) is 4.98 Å². The number of nitrogens with zero attached hydrogens (tertiary/aromatic N) is 3. The summed E-state index contributed by atoms with van der Waals surface area (Å²) < 4.78 is 1.91. The van der Waals surface area contributed by atoms with E-state index in [1.54, 1.807) is 20.3 Å². The van der Waals surface area contributed by atoms with Crippen molar-refractivity contribution in [2.24, 2.45) is 0 Å². The van der Waals surface area contributed by atoms with Gasteiger partial charge in [0.25, 0.3) is 5.91 Å². The topological polar surface area (TPSA) is 37.6 Å². The summed E-state index contributed by atoms with van der Waals surface area (Å²) in [6.45, 7) is 6.49. The SMILES string of the molecule is CN(C)C(=O)c1cn2cc(C(C)(C)C)ccc2n1. The third-order valence-corrected chi connectivity index (χ3v) is 2.94. The van der Waals surface area contributed by atoms with Gasteiger partial charge in [-0.05, 0) is 17.0 Å². The minimum absolute atomic E-state index is 0.0731. The molecule has 0 fully saturated rings. The van der Waals surface area contributed by atoms with Gasteiger partial charge in [0.05, 0.1) is 0 Å². The zero-order valence-corrected chi connectivity index (χ0v) is 11.6. The second kappa shape index (κ2) is 4.12. The molecule has 0 bridgehead atoms. The Bertz CT molecular complexity index is 591. The number of carbonyl (C=O) groups is 1. The average molecular weight is 245 g/mol. The lowest BCUT2D eigenvalue weighted by molar-refractivity contribution is 0.0822. The lowest BCUT2D eigenvalue weighted by Crippen LogP contribution is -2.21. The van der Waals surface area contributed by atoms with Gasteiger partial charge >= 0.3 is 0 Å². The van der Waals surface area contributed by atoms with Gasteiger partial charge in [-0.3, -0.25) is 4.79 Å². The van der Waals surface area contributed by atoms with Crippen LogP contribution >= 0.6 is 0 Å². The highest BCUT2D eigenvalue weighted by molar-refractivity contribution is 5.92. The number of hydrogen-bond donors (Lipinski definition) is 0. The van der Waals surface area contributed by atoms with Crippen LogP contribution in [-0.4, -0.2) is 34.3 Å². The van der Waals surface area contributed by atoms with E-state index in [4.69, 9.17) is 0 Å². The Morgan fingerprint density at radius 2 is 1.89 bits per heavy atom. The monoisotopic (exact) mass is 245 g/mol. The molecule has 4 nitrogen and oxygen atoms in total. The average Bonchev–Trinajstić information content (AvgIpc) is 2.68. The minimum atomic E-state index is -0.0731. The van der Waals surface area contributed by atoms with Crippen molar-refractivity contribution in [1.82, 2.24) is 14.3 Å². The maximum atomic E-state index is 11.8. The largest absolute Gasteiger partial charge is 0.343 e. The molecule has 0 aliphatic rings. The Hall–Kier alpha value is -1.84. The van der Waals surface area contributed by atoms with Crippen LogP contribution in [-0.2, 0) is 5.41 Å². The number of carbonyl (C=O) groups excluding carboxylic acids is 1.